The molecule has 1 fully saturated rings. The van der Waals surface area contributed by atoms with Gasteiger partial charge in [0, 0.05) is 38.4 Å². The van der Waals surface area contributed by atoms with Crippen molar-refractivity contribution in [2.24, 2.45) is 7.05 Å². The zero-order valence-electron chi connectivity index (χ0n) is 17.4. The Morgan fingerprint density at radius 2 is 1.96 bits per heavy atom. The Morgan fingerprint density at radius 3 is 2.64 bits per heavy atom. The molecule has 1 atom stereocenters. The van der Waals surface area contributed by atoms with Gasteiger partial charge in [0.25, 0.3) is 11.5 Å². The molecule has 1 aromatic carbocycles. The molecule has 0 aliphatic carbocycles. The zero-order valence-corrected chi connectivity index (χ0v) is 17.4. The predicted molar refractivity (Wildman–Crippen MR) is 113 cm³/mol. The second-order valence-electron chi connectivity index (χ2n) is 7.85. The number of likely N-dealkylation sites (N-methyl/N-ethyl adjacent to an activating group) is 1. The summed E-state index contributed by atoms with van der Waals surface area (Å²) in [5, 5.41) is 0. The summed E-state index contributed by atoms with van der Waals surface area (Å²) in [6.07, 6.45) is 2.81. The summed E-state index contributed by atoms with van der Waals surface area (Å²) >= 11 is 0. The van der Waals surface area contributed by atoms with Crippen LogP contribution >= 0.6 is 0 Å². The normalized spacial score (nSPS) is 17.2. The van der Waals surface area contributed by atoms with Crippen LogP contribution in [-0.4, -0.2) is 46.5 Å². The first-order chi connectivity index (χ1) is 13.4. The van der Waals surface area contributed by atoms with Crippen LogP contribution < -0.4 is 5.56 Å². The number of nitrogens with zero attached hydrogens (tertiary/aromatic N) is 3. The Bertz CT molecular complexity index is 889. The van der Waals surface area contributed by atoms with E-state index in [1.807, 2.05) is 24.8 Å². The molecular formula is C23H31N3O2. The molecule has 1 amide bonds. The summed E-state index contributed by atoms with van der Waals surface area (Å²) in [5.74, 6) is -0.135. The fourth-order valence-corrected chi connectivity index (χ4v) is 4.27. The summed E-state index contributed by atoms with van der Waals surface area (Å²) in [5.41, 5.74) is 3.37. The van der Waals surface area contributed by atoms with Crippen LogP contribution in [0.2, 0.25) is 0 Å². The second-order valence-corrected chi connectivity index (χ2v) is 7.85. The third-order valence-corrected chi connectivity index (χ3v) is 5.90. The quantitative estimate of drug-likeness (QED) is 0.800. The molecule has 2 aromatic rings. The van der Waals surface area contributed by atoms with E-state index in [-0.39, 0.29) is 11.5 Å². The van der Waals surface area contributed by atoms with Gasteiger partial charge in [-0.3, -0.25) is 14.5 Å². The van der Waals surface area contributed by atoms with E-state index in [9.17, 15) is 9.59 Å². The minimum Gasteiger partial charge on any atom is -0.337 e. The summed E-state index contributed by atoms with van der Waals surface area (Å²) in [6, 6.07) is 12.5. The average molecular weight is 382 g/mol. The van der Waals surface area contributed by atoms with Crippen LogP contribution in [0.4, 0.5) is 0 Å². The first kappa shape index (κ1) is 20.3. The maximum absolute atomic E-state index is 13.1. The predicted octanol–water partition coefficient (Wildman–Crippen LogP) is 2.99. The van der Waals surface area contributed by atoms with Crippen molar-refractivity contribution < 1.29 is 4.79 Å². The lowest BCUT2D eigenvalue weighted by molar-refractivity contribution is 0.0600. The van der Waals surface area contributed by atoms with Gasteiger partial charge in [0.1, 0.15) is 5.56 Å². The standard InChI is InChI=1S/C23H31N3O2/c1-5-21-17(2)14-20(22(27)25(21)4)23(28)26-13-9-12-19(16-26)24(3)15-18-10-7-6-8-11-18/h6-8,10-11,14,19H,5,9,12-13,15-16H2,1-4H3/t19-/m0/s1. The van der Waals surface area contributed by atoms with Gasteiger partial charge >= 0.3 is 0 Å². The van der Waals surface area contributed by atoms with Crippen LogP contribution in [0, 0.1) is 6.92 Å². The summed E-state index contributed by atoms with van der Waals surface area (Å²) < 4.78 is 1.63. The molecule has 1 aromatic heterocycles. The third kappa shape index (κ3) is 4.20. The fraction of sp³-hybridized carbons (Fsp3) is 0.478. The molecular weight excluding hydrogens is 350 g/mol. The van der Waals surface area contributed by atoms with Crippen LogP contribution in [-0.2, 0) is 20.0 Å². The Hall–Kier alpha value is -2.40. The second kappa shape index (κ2) is 8.74. The van der Waals surface area contributed by atoms with Gasteiger partial charge in [-0.2, -0.15) is 0 Å². The molecule has 0 bridgehead atoms. The van der Waals surface area contributed by atoms with E-state index in [2.05, 4.69) is 36.2 Å². The van der Waals surface area contributed by atoms with E-state index >= 15 is 0 Å². The molecule has 28 heavy (non-hydrogen) atoms. The molecule has 150 valence electrons. The number of amides is 1. The van der Waals surface area contributed by atoms with E-state index in [1.54, 1.807) is 17.7 Å². The van der Waals surface area contributed by atoms with E-state index < -0.39 is 0 Å². The summed E-state index contributed by atoms with van der Waals surface area (Å²) in [7, 11) is 3.88. The van der Waals surface area contributed by atoms with Gasteiger partial charge in [0.05, 0.1) is 0 Å². The number of likely N-dealkylation sites (tertiary alicyclic amines) is 1. The molecule has 2 heterocycles. The van der Waals surface area contributed by atoms with Crippen molar-refractivity contribution in [2.75, 3.05) is 20.1 Å². The number of aromatic nitrogens is 1. The number of hydrogen-bond donors (Lipinski definition) is 0. The topological polar surface area (TPSA) is 45.6 Å². The van der Waals surface area contributed by atoms with Crippen molar-refractivity contribution in [3.05, 3.63) is 69.1 Å². The highest BCUT2D eigenvalue weighted by molar-refractivity contribution is 5.94. The number of benzene rings is 1. The first-order valence-corrected chi connectivity index (χ1v) is 10.1. The highest BCUT2D eigenvalue weighted by Gasteiger charge is 2.28. The molecule has 1 saturated heterocycles. The van der Waals surface area contributed by atoms with Crippen LogP contribution in [0.25, 0.3) is 0 Å². The molecule has 1 aliphatic rings. The fourth-order valence-electron chi connectivity index (χ4n) is 4.27. The smallest absolute Gasteiger partial charge is 0.263 e. The highest BCUT2D eigenvalue weighted by Crippen LogP contribution is 2.19. The van der Waals surface area contributed by atoms with Gasteiger partial charge in [-0.15, -0.1) is 0 Å². The molecule has 5 heteroatoms. The van der Waals surface area contributed by atoms with Gasteiger partial charge in [-0.1, -0.05) is 37.3 Å². The number of carbonyl (C=O) groups excluding carboxylic acids is 1. The lowest BCUT2D eigenvalue weighted by atomic mass is 10.0. The van der Waals surface area contributed by atoms with E-state index in [0.717, 1.165) is 37.1 Å². The highest BCUT2D eigenvalue weighted by atomic mass is 16.2. The Labute approximate surface area is 167 Å². The van der Waals surface area contributed by atoms with Gasteiger partial charge in [0.15, 0.2) is 0 Å². The van der Waals surface area contributed by atoms with Crippen molar-refractivity contribution in [2.45, 2.75) is 45.7 Å². The number of rotatable bonds is 5. The lowest BCUT2D eigenvalue weighted by Crippen LogP contribution is -2.49. The summed E-state index contributed by atoms with van der Waals surface area (Å²) in [4.78, 5) is 30.1. The molecule has 0 radical (unpaired) electrons. The molecule has 3 rings (SSSR count). The molecule has 0 N–H and O–H groups in total. The third-order valence-electron chi connectivity index (χ3n) is 5.90. The Kier molecular flexibility index (Phi) is 6.35. The largest absolute Gasteiger partial charge is 0.337 e. The van der Waals surface area contributed by atoms with E-state index in [4.69, 9.17) is 0 Å². The van der Waals surface area contributed by atoms with Gasteiger partial charge < -0.3 is 9.47 Å². The molecule has 0 unspecified atom stereocenters. The maximum Gasteiger partial charge on any atom is 0.263 e. The monoisotopic (exact) mass is 381 g/mol. The average Bonchev–Trinajstić information content (AvgIpc) is 2.71. The van der Waals surface area contributed by atoms with Crippen molar-refractivity contribution in [3.8, 4) is 0 Å². The van der Waals surface area contributed by atoms with Crippen LogP contribution in [0.15, 0.2) is 41.2 Å². The number of aryl methyl sites for hydroxylation is 1. The molecule has 0 spiro atoms. The van der Waals surface area contributed by atoms with Crippen molar-refractivity contribution in [1.29, 1.82) is 0 Å². The summed E-state index contributed by atoms with van der Waals surface area (Å²) in [6.45, 7) is 6.24. The van der Waals surface area contributed by atoms with E-state index in [0.29, 0.717) is 24.7 Å². The first-order valence-electron chi connectivity index (χ1n) is 10.1. The SMILES string of the molecule is CCc1c(C)cc(C(=O)N2CCC[C@H](N(C)Cc3ccccc3)C2)c(=O)n1C. The van der Waals surface area contributed by atoms with Crippen LogP contribution in [0.3, 0.4) is 0 Å². The number of carbonyl (C=O) groups is 1. The van der Waals surface area contributed by atoms with Gasteiger partial charge in [-0.05, 0) is 50.4 Å². The van der Waals surface area contributed by atoms with Crippen LogP contribution in [0.5, 0.6) is 0 Å². The Morgan fingerprint density at radius 1 is 1.25 bits per heavy atom. The van der Waals surface area contributed by atoms with Crippen molar-refractivity contribution in [1.82, 2.24) is 14.4 Å². The minimum atomic E-state index is -0.188. The number of pyridine rings is 1. The zero-order chi connectivity index (χ0) is 20.3. The Balaban J connectivity index is 1.75. The van der Waals surface area contributed by atoms with Crippen molar-refractivity contribution >= 4 is 5.91 Å². The maximum atomic E-state index is 13.1. The lowest BCUT2D eigenvalue weighted by Gasteiger charge is -2.37. The molecule has 0 saturated carbocycles. The number of hydrogen-bond acceptors (Lipinski definition) is 3. The van der Waals surface area contributed by atoms with Crippen LogP contribution in [0.1, 0.15) is 46.9 Å². The van der Waals surface area contributed by atoms with Gasteiger partial charge in [-0.25, -0.2) is 0 Å². The molecule has 1 aliphatic heterocycles. The minimum absolute atomic E-state index is 0.135. The van der Waals surface area contributed by atoms with E-state index in [1.165, 1.54) is 5.56 Å². The molecule has 5 nitrogen and oxygen atoms in total. The van der Waals surface area contributed by atoms with Gasteiger partial charge in [0.2, 0.25) is 0 Å². The van der Waals surface area contributed by atoms with Crippen molar-refractivity contribution in [3.63, 3.8) is 0 Å². The number of piperidine rings is 1.